The maximum atomic E-state index is 6.37. The van der Waals surface area contributed by atoms with Gasteiger partial charge < -0.3 is 0 Å². The second-order valence-electron chi connectivity index (χ2n) is 5.60. The van der Waals surface area contributed by atoms with E-state index in [0.717, 1.165) is 22.6 Å². The number of rotatable bonds is 1. The van der Waals surface area contributed by atoms with Gasteiger partial charge in [-0.3, -0.25) is 0 Å². The molecule has 4 rings (SSSR count). The Morgan fingerprint density at radius 2 is 1.43 bits per heavy atom. The second kappa shape index (κ2) is 4.02. The predicted octanol–water partition coefficient (Wildman–Crippen LogP) is 4.32. The Morgan fingerprint density at radius 3 is 1.95 bits per heavy atom. The Kier molecular flexibility index (Phi) is 2.44. The molecule has 2 aliphatic rings. The number of benzene rings is 2. The van der Waals surface area contributed by atoms with Gasteiger partial charge in [-0.05, 0) is 0 Å². The molecular weight excluding hydrogens is 283 g/mol. The molecule has 21 heavy (non-hydrogen) atoms. The molecule has 0 saturated carbocycles. The first-order chi connectivity index (χ1) is 10.1. The summed E-state index contributed by atoms with van der Waals surface area (Å²) in [7, 11) is -3.37. The van der Waals surface area contributed by atoms with Crippen LogP contribution in [-0.2, 0) is 4.52 Å². The third-order valence-corrected chi connectivity index (χ3v) is 7.87. The van der Waals surface area contributed by atoms with Crippen molar-refractivity contribution < 1.29 is 13.6 Å². The molecule has 108 valence electrons. The molecule has 0 aromatic heterocycles. The van der Waals surface area contributed by atoms with Gasteiger partial charge in [0.05, 0.1) is 0 Å². The van der Waals surface area contributed by atoms with Crippen LogP contribution in [0, 0.1) is 6.92 Å². The molecule has 2 heterocycles. The molecule has 3 nitrogen and oxygen atoms in total. The van der Waals surface area contributed by atoms with Gasteiger partial charge in [0.2, 0.25) is 0 Å². The van der Waals surface area contributed by atoms with Crippen molar-refractivity contribution in [2.75, 3.05) is 6.16 Å². The molecule has 4 heteroatoms. The van der Waals surface area contributed by atoms with Crippen LogP contribution in [0.4, 0.5) is 0 Å². The SMILES string of the molecule is CC1=CCP2(c3ccc(C)cc3)(O1)Oc1ccccc1O2. The van der Waals surface area contributed by atoms with E-state index in [1.807, 2.05) is 31.2 Å². The van der Waals surface area contributed by atoms with Crippen molar-refractivity contribution in [2.24, 2.45) is 0 Å². The van der Waals surface area contributed by atoms with E-state index in [1.54, 1.807) is 0 Å². The summed E-state index contributed by atoms with van der Waals surface area (Å²) in [5.74, 6) is 2.39. The van der Waals surface area contributed by atoms with E-state index in [4.69, 9.17) is 13.6 Å². The molecule has 2 aromatic rings. The van der Waals surface area contributed by atoms with Gasteiger partial charge in [0.25, 0.3) is 0 Å². The topological polar surface area (TPSA) is 27.7 Å². The monoisotopic (exact) mass is 300 g/mol. The standard InChI is InChI=1S/C17H17O3P/c1-13-7-9-15(10-8-13)21(12-11-14(2)18-21)19-16-5-3-4-6-17(16)20-21/h3-11H,12H2,1-2H3. The summed E-state index contributed by atoms with van der Waals surface area (Å²) in [6, 6.07) is 16.0. The summed E-state index contributed by atoms with van der Waals surface area (Å²) in [6.07, 6.45) is 2.71. The molecular formula is C17H17O3P. The van der Waals surface area contributed by atoms with Crippen molar-refractivity contribution >= 4 is 12.6 Å². The molecule has 0 amide bonds. The van der Waals surface area contributed by atoms with Crippen LogP contribution in [0.2, 0.25) is 0 Å². The van der Waals surface area contributed by atoms with E-state index in [1.165, 1.54) is 5.56 Å². The van der Waals surface area contributed by atoms with Crippen LogP contribution < -0.4 is 14.4 Å². The van der Waals surface area contributed by atoms with E-state index >= 15 is 0 Å². The number of hydrogen-bond donors (Lipinski definition) is 0. The number of aryl methyl sites for hydroxylation is 1. The van der Waals surface area contributed by atoms with Gasteiger partial charge in [0, 0.05) is 0 Å². The van der Waals surface area contributed by atoms with Crippen molar-refractivity contribution in [1.29, 1.82) is 0 Å². The molecule has 2 aromatic carbocycles. The van der Waals surface area contributed by atoms with Crippen molar-refractivity contribution in [1.82, 2.24) is 0 Å². The van der Waals surface area contributed by atoms with Crippen LogP contribution in [0.1, 0.15) is 12.5 Å². The summed E-state index contributed by atoms with van der Waals surface area (Å²) in [5.41, 5.74) is 1.20. The Bertz CT molecular complexity index is 724. The van der Waals surface area contributed by atoms with Gasteiger partial charge in [-0.25, -0.2) is 0 Å². The second-order valence-corrected chi connectivity index (χ2v) is 9.11. The Hall–Kier alpha value is -1.99. The molecule has 0 fully saturated rings. The van der Waals surface area contributed by atoms with Crippen molar-refractivity contribution in [3.05, 3.63) is 65.9 Å². The minimum absolute atomic E-state index is 0.648. The van der Waals surface area contributed by atoms with Gasteiger partial charge >= 0.3 is 124 Å². The molecule has 0 saturated heterocycles. The fourth-order valence-corrected chi connectivity index (χ4v) is 6.79. The zero-order chi connectivity index (χ0) is 14.5. The van der Waals surface area contributed by atoms with Crippen LogP contribution in [0.15, 0.2) is 60.4 Å². The molecule has 0 bridgehead atoms. The van der Waals surface area contributed by atoms with E-state index < -0.39 is 7.28 Å². The van der Waals surface area contributed by atoms with Crippen LogP contribution in [-0.4, -0.2) is 6.16 Å². The molecule has 2 aliphatic heterocycles. The molecule has 0 atom stereocenters. The summed E-state index contributed by atoms with van der Waals surface area (Å²) in [4.78, 5) is 0. The Labute approximate surface area is 124 Å². The Balaban J connectivity index is 1.89. The summed E-state index contributed by atoms with van der Waals surface area (Å²) in [5, 5.41) is 0.996. The first-order valence-corrected chi connectivity index (χ1v) is 9.22. The number of hydrogen-bond acceptors (Lipinski definition) is 3. The predicted molar refractivity (Wildman–Crippen MR) is 85.1 cm³/mol. The van der Waals surface area contributed by atoms with Crippen LogP contribution in [0.3, 0.4) is 0 Å². The van der Waals surface area contributed by atoms with Crippen molar-refractivity contribution in [2.45, 2.75) is 13.8 Å². The molecule has 0 aliphatic carbocycles. The summed E-state index contributed by atoms with van der Waals surface area (Å²) >= 11 is 0. The maximum absolute atomic E-state index is 6.37. The number of para-hydroxylation sites is 2. The average molecular weight is 300 g/mol. The number of fused-ring (bicyclic) bond motifs is 1. The zero-order valence-corrected chi connectivity index (χ0v) is 13.0. The summed E-state index contributed by atoms with van der Waals surface area (Å²) in [6.45, 7) is 4.02. The fourth-order valence-electron chi connectivity index (χ4n) is 2.88. The van der Waals surface area contributed by atoms with Gasteiger partial charge in [-0.15, -0.1) is 0 Å². The van der Waals surface area contributed by atoms with Crippen LogP contribution in [0.5, 0.6) is 11.5 Å². The molecule has 0 unspecified atom stereocenters. The average Bonchev–Trinajstić information content (AvgIpc) is 2.99. The van der Waals surface area contributed by atoms with Gasteiger partial charge in [-0.1, -0.05) is 0 Å². The van der Waals surface area contributed by atoms with E-state index in [-0.39, 0.29) is 0 Å². The van der Waals surface area contributed by atoms with Gasteiger partial charge in [0.1, 0.15) is 0 Å². The third kappa shape index (κ3) is 1.71. The Morgan fingerprint density at radius 1 is 0.810 bits per heavy atom. The summed E-state index contributed by atoms with van der Waals surface area (Å²) < 4.78 is 19.0. The molecule has 0 N–H and O–H groups in total. The first kappa shape index (κ1) is 12.7. The zero-order valence-electron chi connectivity index (χ0n) is 12.1. The quantitative estimate of drug-likeness (QED) is 0.734. The van der Waals surface area contributed by atoms with E-state index in [9.17, 15) is 0 Å². The van der Waals surface area contributed by atoms with E-state index in [0.29, 0.717) is 6.16 Å². The third-order valence-electron chi connectivity index (χ3n) is 3.97. The fraction of sp³-hybridized carbons (Fsp3) is 0.176. The van der Waals surface area contributed by atoms with Crippen LogP contribution >= 0.6 is 7.28 Å². The van der Waals surface area contributed by atoms with Gasteiger partial charge in [-0.2, -0.15) is 0 Å². The molecule has 0 radical (unpaired) electrons. The molecule has 1 spiro atoms. The number of allylic oxidation sites excluding steroid dienone is 2. The normalized spacial score (nSPS) is 22.2. The van der Waals surface area contributed by atoms with Crippen molar-refractivity contribution in [3.8, 4) is 11.5 Å². The minimum atomic E-state index is -3.37. The van der Waals surface area contributed by atoms with Crippen molar-refractivity contribution in [3.63, 3.8) is 0 Å². The van der Waals surface area contributed by atoms with E-state index in [2.05, 4.69) is 37.3 Å². The first-order valence-electron chi connectivity index (χ1n) is 7.05. The van der Waals surface area contributed by atoms with Crippen LogP contribution in [0.25, 0.3) is 0 Å². The van der Waals surface area contributed by atoms with Gasteiger partial charge in [0.15, 0.2) is 0 Å².